The predicted molar refractivity (Wildman–Crippen MR) is 126 cm³/mol. The molecule has 0 spiro atoms. The summed E-state index contributed by atoms with van der Waals surface area (Å²) in [5.74, 6) is 0.223. The van der Waals surface area contributed by atoms with E-state index in [-0.39, 0.29) is 23.1 Å². The van der Waals surface area contributed by atoms with Gasteiger partial charge < -0.3 is 5.32 Å². The molecule has 0 aliphatic carbocycles. The van der Waals surface area contributed by atoms with Crippen molar-refractivity contribution in [1.29, 1.82) is 5.26 Å². The van der Waals surface area contributed by atoms with Crippen molar-refractivity contribution >= 4 is 27.7 Å². The number of para-hydroxylation sites is 1. The Balaban J connectivity index is 2.13. The molecule has 0 unspecified atom stereocenters. The minimum atomic E-state index is -3.63. The molecule has 0 fully saturated rings. The number of sulfonamides is 1. The molecular formula is C22H24N6O3S2. The minimum absolute atomic E-state index is 0.0553. The fraction of sp³-hybridized carbons (Fsp3) is 0.273. The molecule has 33 heavy (non-hydrogen) atoms. The lowest BCUT2D eigenvalue weighted by Crippen LogP contribution is -2.25. The number of hydrogen-bond acceptors (Lipinski definition) is 7. The second-order valence-electron chi connectivity index (χ2n) is 7.42. The van der Waals surface area contributed by atoms with Crippen LogP contribution in [0.3, 0.4) is 0 Å². The second kappa shape index (κ2) is 10.2. The van der Waals surface area contributed by atoms with Crippen molar-refractivity contribution in [1.82, 2.24) is 24.4 Å². The Morgan fingerprint density at radius 3 is 2.45 bits per heavy atom. The number of hydrogen-bond donors (Lipinski definition) is 1. The van der Waals surface area contributed by atoms with E-state index in [1.54, 1.807) is 18.2 Å². The highest BCUT2D eigenvalue weighted by Gasteiger charge is 2.22. The summed E-state index contributed by atoms with van der Waals surface area (Å²) in [6, 6.07) is 14.3. The molecule has 1 amide bonds. The number of nitriles is 1. The van der Waals surface area contributed by atoms with Gasteiger partial charge >= 0.3 is 0 Å². The third-order valence-corrected chi connectivity index (χ3v) is 7.60. The van der Waals surface area contributed by atoms with Crippen LogP contribution >= 0.6 is 11.8 Å². The Morgan fingerprint density at radius 2 is 1.82 bits per heavy atom. The number of nitrogens with zero attached hydrogens (tertiary/aromatic N) is 5. The first kappa shape index (κ1) is 24.4. The molecule has 0 atom stereocenters. The molecule has 3 aromatic rings. The SMILES string of the molecule is Cc1cccc(C)c1-n1c(SCC(=O)NCC#N)nnc1-c1cccc(S(=O)(=O)N(C)C)c1. The Labute approximate surface area is 197 Å². The van der Waals surface area contributed by atoms with Crippen molar-refractivity contribution in [2.45, 2.75) is 23.9 Å². The van der Waals surface area contributed by atoms with Gasteiger partial charge in [0.05, 0.1) is 22.4 Å². The van der Waals surface area contributed by atoms with Gasteiger partial charge in [-0.1, -0.05) is 42.1 Å². The van der Waals surface area contributed by atoms with Gasteiger partial charge in [0.15, 0.2) is 11.0 Å². The zero-order valence-electron chi connectivity index (χ0n) is 18.7. The molecule has 172 valence electrons. The molecular weight excluding hydrogens is 460 g/mol. The van der Waals surface area contributed by atoms with Crippen molar-refractivity contribution < 1.29 is 13.2 Å². The van der Waals surface area contributed by atoms with Crippen LogP contribution in [0.2, 0.25) is 0 Å². The van der Waals surface area contributed by atoms with Gasteiger partial charge in [0.2, 0.25) is 15.9 Å². The monoisotopic (exact) mass is 484 g/mol. The summed E-state index contributed by atoms with van der Waals surface area (Å²) in [6.45, 7) is 3.86. The molecule has 3 rings (SSSR count). The van der Waals surface area contributed by atoms with E-state index in [2.05, 4.69) is 15.5 Å². The van der Waals surface area contributed by atoms with Crippen molar-refractivity contribution in [2.75, 3.05) is 26.4 Å². The average Bonchev–Trinajstić information content (AvgIpc) is 3.19. The molecule has 1 heterocycles. The van der Waals surface area contributed by atoms with E-state index < -0.39 is 10.0 Å². The number of rotatable bonds is 8. The van der Waals surface area contributed by atoms with Gasteiger partial charge in [-0.15, -0.1) is 10.2 Å². The summed E-state index contributed by atoms with van der Waals surface area (Å²) in [5.41, 5.74) is 3.39. The van der Waals surface area contributed by atoms with Crippen LogP contribution in [0.15, 0.2) is 52.5 Å². The highest BCUT2D eigenvalue weighted by molar-refractivity contribution is 7.99. The van der Waals surface area contributed by atoms with E-state index in [9.17, 15) is 13.2 Å². The van der Waals surface area contributed by atoms with Crippen molar-refractivity contribution in [3.63, 3.8) is 0 Å². The molecule has 0 aliphatic heterocycles. The quantitative estimate of drug-likeness (QED) is 0.385. The smallest absolute Gasteiger partial charge is 0.242 e. The highest BCUT2D eigenvalue weighted by atomic mass is 32.2. The zero-order chi connectivity index (χ0) is 24.2. The van der Waals surface area contributed by atoms with Gasteiger partial charge in [-0.3, -0.25) is 9.36 Å². The predicted octanol–water partition coefficient (Wildman–Crippen LogP) is 2.53. The summed E-state index contributed by atoms with van der Waals surface area (Å²) in [5, 5.41) is 20.3. The lowest BCUT2D eigenvalue weighted by molar-refractivity contribution is -0.118. The fourth-order valence-electron chi connectivity index (χ4n) is 3.24. The molecule has 0 radical (unpaired) electrons. The van der Waals surface area contributed by atoms with Crippen LogP contribution in [0, 0.1) is 25.2 Å². The number of aromatic nitrogens is 3. The molecule has 0 bridgehead atoms. The van der Waals surface area contributed by atoms with E-state index >= 15 is 0 Å². The van der Waals surface area contributed by atoms with Crippen LogP contribution in [-0.4, -0.2) is 59.8 Å². The summed E-state index contributed by atoms with van der Waals surface area (Å²) in [6.07, 6.45) is 0. The number of aryl methyl sites for hydroxylation is 2. The van der Waals surface area contributed by atoms with Crippen molar-refractivity contribution in [2.24, 2.45) is 0 Å². The Morgan fingerprint density at radius 1 is 1.15 bits per heavy atom. The normalized spacial score (nSPS) is 11.4. The van der Waals surface area contributed by atoms with Gasteiger partial charge in [0.25, 0.3) is 0 Å². The number of amides is 1. The van der Waals surface area contributed by atoms with Crippen LogP contribution < -0.4 is 5.32 Å². The molecule has 0 aliphatic rings. The van der Waals surface area contributed by atoms with Gasteiger partial charge in [-0.2, -0.15) is 5.26 Å². The molecule has 1 aromatic heterocycles. The van der Waals surface area contributed by atoms with E-state index in [1.807, 2.05) is 42.7 Å². The van der Waals surface area contributed by atoms with Gasteiger partial charge in [0, 0.05) is 19.7 Å². The molecule has 9 nitrogen and oxygen atoms in total. The molecule has 0 saturated carbocycles. The van der Waals surface area contributed by atoms with E-state index in [4.69, 9.17) is 5.26 Å². The van der Waals surface area contributed by atoms with Crippen LogP contribution in [0.5, 0.6) is 0 Å². The molecule has 1 N–H and O–H groups in total. The minimum Gasteiger partial charge on any atom is -0.342 e. The maximum atomic E-state index is 12.7. The van der Waals surface area contributed by atoms with Crippen LogP contribution in [-0.2, 0) is 14.8 Å². The lowest BCUT2D eigenvalue weighted by Gasteiger charge is -2.16. The Kier molecular flexibility index (Phi) is 7.53. The summed E-state index contributed by atoms with van der Waals surface area (Å²) in [7, 11) is -0.674. The topological polar surface area (TPSA) is 121 Å². The average molecular weight is 485 g/mol. The first-order valence-electron chi connectivity index (χ1n) is 9.98. The van der Waals surface area contributed by atoms with Gasteiger partial charge in [-0.25, -0.2) is 12.7 Å². The summed E-state index contributed by atoms with van der Waals surface area (Å²) >= 11 is 1.19. The van der Waals surface area contributed by atoms with E-state index in [0.29, 0.717) is 16.5 Å². The van der Waals surface area contributed by atoms with E-state index in [0.717, 1.165) is 21.1 Å². The number of nitrogens with one attached hydrogen (secondary N) is 1. The van der Waals surface area contributed by atoms with Crippen LogP contribution in [0.4, 0.5) is 0 Å². The zero-order valence-corrected chi connectivity index (χ0v) is 20.4. The molecule has 0 saturated heterocycles. The summed E-state index contributed by atoms with van der Waals surface area (Å²) in [4.78, 5) is 12.2. The Hall–Kier alpha value is -3.20. The molecule has 2 aromatic carbocycles. The van der Waals surface area contributed by atoms with E-state index in [1.165, 1.54) is 31.9 Å². The maximum Gasteiger partial charge on any atom is 0.242 e. The number of carbonyl (C=O) groups is 1. The number of carbonyl (C=O) groups excluding carboxylic acids is 1. The number of benzene rings is 2. The third kappa shape index (κ3) is 5.24. The Bertz CT molecular complexity index is 1310. The summed E-state index contributed by atoms with van der Waals surface area (Å²) < 4.78 is 28.3. The molecule has 11 heteroatoms. The van der Waals surface area contributed by atoms with Gasteiger partial charge in [-0.05, 0) is 37.1 Å². The van der Waals surface area contributed by atoms with Crippen LogP contribution in [0.25, 0.3) is 17.1 Å². The first-order chi connectivity index (χ1) is 15.7. The van der Waals surface area contributed by atoms with Gasteiger partial charge in [0.1, 0.15) is 6.54 Å². The highest BCUT2D eigenvalue weighted by Crippen LogP contribution is 2.32. The first-order valence-corrected chi connectivity index (χ1v) is 12.4. The number of thioether (sulfide) groups is 1. The largest absolute Gasteiger partial charge is 0.342 e. The maximum absolute atomic E-state index is 12.7. The van der Waals surface area contributed by atoms with Crippen molar-refractivity contribution in [3.8, 4) is 23.1 Å². The lowest BCUT2D eigenvalue weighted by atomic mass is 10.1. The second-order valence-corrected chi connectivity index (χ2v) is 10.5. The fourth-order valence-corrected chi connectivity index (χ4v) is 4.95. The standard InChI is InChI=1S/C22H24N6O3S2/c1-15-7-5-8-16(2)20(15)28-21(25-26-22(28)32-14-19(29)24-12-11-23)17-9-6-10-18(13-17)33(30,31)27(3)4/h5-10,13H,12,14H2,1-4H3,(H,24,29). The van der Waals surface area contributed by atoms with Crippen LogP contribution in [0.1, 0.15) is 11.1 Å². The van der Waals surface area contributed by atoms with Crippen molar-refractivity contribution in [3.05, 3.63) is 53.6 Å². The third-order valence-electron chi connectivity index (χ3n) is 4.86.